The van der Waals surface area contributed by atoms with E-state index in [4.69, 9.17) is 21.1 Å². The number of benzene rings is 2. The maximum absolute atomic E-state index is 6.22. The van der Waals surface area contributed by atoms with Gasteiger partial charge in [0.1, 0.15) is 0 Å². The van der Waals surface area contributed by atoms with Crippen molar-refractivity contribution in [2.45, 2.75) is 0 Å². The van der Waals surface area contributed by atoms with Gasteiger partial charge in [-0.1, -0.05) is 23.7 Å². The summed E-state index contributed by atoms with van der Waals surface area (Å²) in [6.45, 7) is 0. The fraction of sp³-hybridized carbons (Fsp3) is 0.111. The molecule has 0 aliphatic carbocycles. The molecule has 4 aromatic rings. The van der Waals surface area contributed by atoms with Crippen LogP contribution in [0, 0.1) is 0 Å². The van der Waals surface area contributed by atoms with Gasteiger partial charge in [-0.3, -0.25) is 4.40 Å². The first kappa shape index (κ1) is 16.3. The third-order valence-corrected chi connectivity index (χ3v) is 4.16. The summed E-state index contributed by atoms with van der Waals surface area (Å²) in [5.41, 5.74) is 2.87. The molecule has 0 saturated heterocycles. The Balaban J connectivity index is 1.82. The third-order valence-electron chi connectivity index (χ3n) is 3.91. The van der Waals surface area contributed by atoms with Gasteiger partial charge in [-0.2, -0.15) is 0 Å². The average molecular weight is 368 g/mol. The van der Waals surface area contributed by atoms with Crippen molar-refractivity contribution in [3.8, 4) is 11.5 Å². The zero-order valence-corrected chi connectivity index (χ0v) is 14.8. The van der Waals surface area contributed by atoms with Crippen LogP contribution in [0.15, 0.2) is 47.5 Å². The van der Waals surface area contributed by atoms with Gasteiger partial charge in [0.2, 0.25) is 5.65 Å². The van der Waals surface area contributed by atoms with Crippen LogP contribution in [0.4, 0.5) is 5.95 Å². The SMILES string of the molecule is COc1ccc(/C=N/c2nnc3c(Cl)nc4ccccc4n23)cc1OC. The molecule has 26 heavy (non-hydrogen) atoms. The number of ether oxygens (including phenoxy) is 2. The summed E-state index contributed by atoms with van der Waals surface area (Å²) in [4.78, 5) is 8.81. The molecular weight excluding hydrogens is 354 g/mol. The Labute approximate surface area is 153 Å². The second-order valence-corrected chi connectivity index (χ2v) is 5.78. The first-order chi connectivity index (χ1) is 12.7. The standard InChI is InChI=1S/C18H14ClN5O2/c1-25-14-8-7-11(9-15(14)26-2)10-20-18-23-22-17-16(19)21-12-5-3-4-6-13(12)24(17)18/h3-10H,1-2H3/b20-10+. The van der Waals surface area contributed by atoms with E-state index in [1.165, 1.54) is 0 Å². The average Bonchev–Trinajstić information content (AvgIpc) is 3.11. The number of aromatic nitrogens is 4. The van der Waals surface area contributed by atoms with E-state index >= 15 is 0 Å². The number of methoxy groups -OCH3 is 2. The summed E-state index contributed by atoms with van der Waals surface area (Å²) < 4.78 is 12.3. The van der Waals surface area contributed by atoms with E-state index in [1.54, 1.807) is 24.8 Å². The lowest BCUT2D eigenvalue weighted by Gasteiger charge is -2.07. The van der Waals surface area contributed by atoms with Crippen LogP contribution < -0.4 is 9.47 Å². The largest absolute Gasteiger partial charge is 0.493 e. The van der Waals surface area contributed by atoms with Gasteiger partial charge in [0.15, 0.2) is 16.7 Å². The predicted molar refractivity (Wildman–Crippen MR) is 100 cm³/mol. The lowest BCUT2D eigenvalue weighted by atomic mass is 10.2. The maximum Gasteiger partial charge on any atom is 0.255 e. The summed E-state index contributed by atoms with van der Waals surface area (Å²) in [6.07, 6.45) is 1.68. The highest BCUT2D eigenvalue weighted by Crippen LogP contribution is 2.28. The van der Waals surface area contributed by atoms with Crippen LogP contribution in [0.25, 0.3) is 16.7 Å². The molecule has 0 radical (unpaired) electrons. The summed E-state index contributed by atoms with van der Waals surface area (Å²) in [5, 5.41) is 8.52. The zero-order chi connectivity index (χ0) is 18.1. The highest BCUT2D eigenvalue weighted by molar-refractivity contribution is 6.32. The summed E-state index contributed by atoms with van der Waals surface area (Å²) in [5.74, 6) is 1.69. The number of rotatable bonds is 4. The van der Waals surface area contributed by atoms with Crippen molar-refractivity contribution >= 4 is 40.4 Å². The van der Waals surface area contributed by atoms with E-state index in [2.05, 4.69) is 20.2 Å². The second-order valence-electron chi connectivity index (χ2n) is 5.42. The monoisotopic (exact) mass is 367 g/mol. The number of fused-ring (bicyclic) bond motifs is 3. The molecule has 7 nitrogen and oxygen atoms in total. The van der Waals surface area contributed by atoms with Crippen LogP contribution in [0.1, 0.15) is 5.56 Å². The summed E-state index contributed by atoms with van der Waals surface area (Å²) >= 11 is 6.22. The van der Waals surface area contributed by atoms with E-state index in [1.807, 2.05) is 42.5 Å². The van der Waals surface area contributed by atoms with Gasteiger partial charge in [0, 0.05) is 6.21 Å². The highest BCUT2D eigenvalue weighted by atomic mass is 35.5. The molecule has 0 atom stereocenters. The molecule has 0 amide bonds. The molecule has 8 heteroatoms. The quantitative estimate of drug-likeness (QED) is 0.514. The van der Waals surface area contributed by atoms with Crippen molar-refractivity contribution in [3.05, 3.63) is 53.2 Å². The number of halogens is 1. The smallest absolute Gasteiger partial charge is 0.255 e. The first-order valence-electron chi connectivity index (χ1n) is 7.76. The molecule has 0 saturated carbocycles. The Morgan fingerprint density at radius 3 is 2.65 bits per heavy atom. The highest BCUT2D eigenvalue weighted by Gasteiger charge is 2.13. The molecule has 130 valence electrons. The minimum atomic E-state index is 0.281. The van der Waals surface area contributed by atoms with Crippen LogP contribution >= 0.6 is 11.6 Å². The van der Waals surface area contributed by atoms with Crippen molar-refractivity contribution in [3.63, 3.8) is 0 Å². The summed E-state index contributed by atoms with van der Waals surface area (Å²) in [6, 6.07) is 13.1. The Bertz CT molecular complexity index is 1140. The van der Waals surface area contributed by atoms with Crippen LogP contribution in [0.5, 0.6) is 11.5 Å². The van der Waals surface area contributed by atoms with E-state index in [0.717, 1.165) is 16.6 Å². The van der Waals surface area contributed by atoms with Crippen LogP contribution in [-0.2, 0) is 0 Å². The van der Waals surface area contributed by atoms with Crippen molar-refractivity contribution in [2.75, 3.05) is 14.2 Å². The topological polar surface area (TPSA) is 73.9 Å². The molecule has 0 aliphatic heterocycles. The minimum Gasteiger partial charge on any atom is -0.493 e. The van der Waals surface area contributed by atoms with Gasteiger partial charge in [0.25, 0.3) is 5.95 Å². The zero-order valence-electron chi connectivity index (χ0n) is 14.0. The van der Waals surface area contributed by atoms with Crippen LogP contribution in [0.2, 0.25) is 5.15 Å². The lowest BCUT2D eigenvalue weighted by molar-refractivity contribution is 0.355. The molecule has 2 aromatic carbocycles. The molecular formula is C18H14ClN5O2. The maximum atomic E-state index is 6.22. The van der Waals surface area contributed by atoms with E-state index < -0.39 is 0 Å². The molecule has 4 rings (SSSR count). The molecule has 2 aromatic heterocycles. The molecule has 0 fully saturated rings. The van der Waals surface area contributed by atoms with E-state index in [-0.39, 0.29) is 5.15 Å². The van der Waals surface area contributed by atoms with E-state index in [9.17, 15) is 0 Å². The molecule has 0 unspecified atom stereocenters. The van der Waals surface area contributed by atoms with Gasteiger partial charge >= 0.3 is 0 Å². The number of hydrogen-bond acceptors (Lipinski definition) is 6. The molecule has 0 N–H and O–H groups in total. The third kappa shape index (κ3) is 2.72. The normalized spacial score (nSPS) is 11.5. The van der Waals surface area contributed by atoms with Crippen molar-refractivity contribution in [1.82, 2.24) is 19.6 Å². The Morgan fingerprint density at radius 2 is 1.85 bits per heavy atom. The van der Waals surface area contributed by atoms with Crippen LogP contribution in [0.3, 0.4) is 0 Å². The second kappa shape index (κ2) is 6.61. The lowest BCUT2D eigenvalue weighted by Crippen LogP contribution is -1.93. The first-order valence-corrected chi connectivity index (χ1v) is 8.14. The van der Waals surface area contributed by atoms with Crippen LogP contribution in [-0.4, -0.2) is 40.0 Å². The number of hydrogen-bond donors (Lipinski definition) is 0. The van der Waals surface area contributed by atoms with Crippen molar-refractivity contribution in [2.24, 2.45) is 4.99 Å². The Hall–Kier alpha value is -3.19. The fourth-order valence-electron chi connectivity index (χ4n) is 2.68. The molecule has 2 heterocycles. The molecule has 0 bridgehead atoms. The van der Waals surface area contributed by atoms with Gasteiger partial charge in [0.05, 0.1) is 25.3 Å². The van der Waals surface area contributed by atoms with Crippen molar-refractivity contribution < 1.29 is 9.47 Å². The summed E-state index contributed by atoms with van der Waals surface area (Å²) in [7, 11) is 3.18. The number of aliphatic imine (C=N–C) groups is 1. The van der Waals surface area contributed by atoms with Gasteiger partial charge < -0.3 is 9.47 Å². The fourth-order valence-corrected chi connectivity index (χ4v) is 2.90. The van der Waals surface area contributed by atoms with Gasteiger partial charge in [-0.15, -0.1) is 10.2 Å². The predicted octanol–water partition coefficient (Wildman–Crippen LogP) is 3.70. The number of para-hydroxylation sites is 2. The van der Waals surface area contributed by atoms with Gasteiger partial charge in [-0.05, 0) is 35.9 Å². The van der Waals surface area contributed by atoms with Gasteiger partial charge in [-0.25, -0.2) is 9.98 Å². The molecule has 0 spiro atoms. The van der Waals surface area contributed by atoms with Crippen molar-refractivity contribution in [1.29, 1.82) is 0 Å². The Kier molecular flexibility index (Phi) is 4.14. The van der Waals surface area contributed by atoms with E-state index in [0.29, 0.717) is 23.1 Å². The minimum absolute atomic E-state index is 0.281. The Morgan fingerprint density at radius 1 is 1.04 bits per heavy atom. The molecule has 0 aliphatic rings. The number of nitrogens with zero attached hydrogens (tertiary/aromatic N) is 5.